The van der Waals surface area contributed by atoms with Gasteiger partial charge in [-0.2, -0.15) is 23.3 Å². The molecule has 0 bridgehead atoms. The first-order valence-electron chi connectivity index (χ1n) is 7.18. The van der Waals surface area contributed by atoms with Crippen molar-refractivity contribution in [2.45, 2.75) is 51.7 Å². The highest BCUT2D eigenvalue weighted by Gasteiger charge is 2.37. The van der Waals surface area contributed by atoms with Gasteiger partial charge in [-0.3, -0.25) is 4.68 Å². The van der Waals surface area contributed by atoms with Gasteiger partial charge < -0.3 is 9.63 Å². The number of hydrogen-bond acceptors (Lipinski definition) is 5. The first kappa shape index (κ1) is 17.5. The minimum Gasteiger partial charge on any atom is -0.396 e. The summed E-state index contributed by atoms with van der Waals surface area (Å²) in [6, 6.07) is 0. The van der Waals surface area contributed by atoms with Crippen molar-refractivity contribution in [1.82, 2.24) is 19.9 Å². The van der Waals surface area contributed by atoms with Crippen LogP contribution >= 0.6 is 0 Å². The highest BCUT2D eigenvalue weighted by molar-refractivity contribution is 5.20. The van der Waals surface area contributed by atoms with Gasteiger partial charge in [0.05, 0.1) is 0 Å². The second-order valence-corrected chi connectivity index (χ2v) is 6.29. The fraction of sp³-hybridized carbons (Fsp3) is 0.643. The van der Waals surface area contributed by atoms with Gasteiger partial charge in [0.1, 0.15) is 6.54 Å². The van der Waals surface area contributed by atoms with Crippen LogP contribution in [0, 0.1) is 0 Å². The SMILES string of the molecule is CC(C)(C)c1noc(Cn2cc(CCCO)c(C(F)(F)F)n2)n1. The van der Waals surface area contributed by atoms with Gasteiger partial charge >= 0.3 is 6.18 Å². The molecule has 0 unspecified atom stereocenters. The van der Waals surface area contributed by atoms with Gasteiger partial charge in [-0.05, 0) is 12.8 Å². The lowest BCUT2D eigenvalue weighted by Crippen LogP contribution is -2.13. The largest absolute Gasteiger partial charge is 0.435 e. The van der Waals surface area contributed by atoms with Crippen molar-refractivity contribution in [3.8, 4) is 0 Å². The number of hydrogen-bond donors (Lipinski definition) is 1. The average molecular weight is 332 g/mol. The van der Waals surface area contributed by atoms with E-state index in [4.69, 9.17) is 9.63 Å². The molecule has 0 spiro atoms. The third-order valence-corrected chi connectivity index (χ3v) is 3.15. The molecule has 0 aliphatic heterocycles. The molecule has 128 valence electrons. The lowest BCUT2D eigenvalue weighted by Gasteiger charge is -2.10. The van der Waals surface area contributed by atoms with Gasteiger partial charge in [0.25, 0.3) is 0 Å². The van der Waals surface area contributed by atoms with Gasteiger partial charge in [0, 0.05) is 23.8 Å². The number of nitrogens with zero attached hydrogens (tertiary/aromatic N) is 4. The van der Waals surface area contributed by atoms with Crippen molar-refractivity contribution >= 4 is 0 Å². The van der Waals surface area contributed by atoms with E-state index in [1.54, 1.807) is 0 Å². The Labute approximate surface area is 131 Å². The van der Waals surface area contributed by atoms with E-state index in [1.165, 1.54) is 6.20 Å². The fourth-order valence-electron chi connectivity index (χ4n) is 2.00. The molecule has 0 aromatic carbocycles. The summed E-state index contributed by atoms with van der Waals surface area (Å²) in [5.74, 6) is 0.677. The summed E-state index contributed by atoms with van der Waals surface area (Å²) in [5, 5.41) is 16.2. The van der Waals surface area contributed by atoms with E-state index in [1.807, 2.05) is 20.8 Å². The van der Waals surface area contributed by atoms with Crippen molar-refractivity contribution in [3.63, 3.8) is 0 Å². The number of rotatable bonds is 5. The molecule has 2 rings (SSSR count). The van der Waals surface area contributed by atoms with Gasteiger partial charge in [0.2, 0.25) is 5.89 Å². The molecule has 23 heavy (non-hydrogen) atoms. The van der Waals surface area contributed by atoms with E-state index in [2.05, 4.69) is 15.2 Å². The molecule has 2 heterocycles. The molecule has 6 nitrogen and oxygen atoms in total. The molecule has 0 saturated carbocycles. The zero-order chi connectivity index (χ0) is 17.3. The van der Waals surface area contributed by atoms with Gasteiger partial charge in [-0.15, -0.1) is 0 Å². The molecular formula is C14H19F3N4O2. The summed E-state index contributed by atoms with van der Waals surface area (Å²) < 4.78 is 45.2. The normalized spacial score (nSPS) is 12.8. The predicted molar refractivity (Wildman–Crippen MR) is 74.7 cm³/mol. The molecule has 0 radical (unpaired) electrons. The molecule has 0 aliphatic rings. The lowest BCUT2D eigenvalue weighted by atomic mass is 9.96. The van der Waals surface area contributed by atoms with Crippen LogP contribution < -0.4 is 0 Å². The smallest absolute Gasteiger partial charge is 0.396 e. The van der Waals surface area contributed by atoms with E-state index in [-0.39, 0.29) is 42.9 Å². The summed E-state index contributed by atoms with van der Waals surface area (Å²) in [6.07, 6.45) is -2.90. The summed E-state index contributed by atoms with van der Waals surface area (Å²) in [5.41, 5.74) is -1.21. The van der Waals surface area contributed by atoms with Crippen molar-refractivity contribution < 1.29 is 22.8 Å². The maximum atomic E-state index is 13.0. The Morgan fingerprint density at radius 2 is 1.96 bits per heavy atom. The van der Waals surface area contributed by atoms with E-state index in [0.29, 0.717) is 5.82 Å². The molecular weight excluding hydrogens is 313 g/mol. The minimum absolute atomic E-state index is 0.0364. The van der Waals surface area contributed by atoms with Crippen LogP contribution in [-0.4, -0.2) is 31.6 Å². The van der Waals surface area contributed by atoms with Crippen molar-refractivity contribution in [2.24, 2.45) is 0 Å². The highest BCUT2D eigenvalue weighted by atomic mass is 19.4. The average Bonchev–Trinajstić information content (AvgIpc) is 3.02. The van der Waals surface area contributed by atoms with Crippen molar-refractivity contribution in [3.05, 3.63) is 29.2 Å². The van der Waals surface area contributed by atoms with Crippen LogP contribution in [-0.2, 0) is 24.6 Å². The minimum atomic E-state index is -4.54. The lowest BCUT2D eigenvalue weighted by molar-refractivity contribution is -0.142. The number of halogens is 3. The maximum Gasteiger partial charge on any atom is 0.435 e. The Morgan fingerprint density at radius 1 is 1.26 bits per heavy atom. The van der Waals surface area contributed by atoms with Crippen LogP contribution in [0.3, 0.4) is 0 Å². The summed E-state index contributed by atoms with van der Waals surface area (Å²) in [4.78, 5) is 4.18. The van der Waals surface area contributed by atoms with Crippen LogP contribution in [0.5, 0.6) is 0 Å². The predicted octanol–water partition coefficient (Wildman–Crippen LogP) is 2.56. The standard InChI is InChI=1S/C14H19F3N4O2/c1-13(2,3)12-18-10(23-20-12)8-21-7-9(5-4-6-22)11(19-21)14(15,16)17/h7,22H,4-6,8H2,1-3H3. The number of aliphatic hydroxyl groups excluding tert-OH is 1. The van der Waals surface area contributed by atoms with Gasteiger partial charge in [-0.25, -0.2) is 0 Å². The van der Waals surface area contributed by atoms with Crippen LogP contribution in [0.4, 0.5) is 13.2 Å². The Balaban J connectivity index is 2.23. The Bertz CT molecular complexity index is 656. The van der Waals surface area contributed by atoms with Gasteiger partial charge in [0.15, 0.2) is 11.5 Å². The van der Waals surface area contributed by atoms with Gasteiger partial charge in [-0.1, -0.05) is 25.9 Å². The third kappa shape index (κ3) is 4.31. The summed E-state index contributed by atoms with van der Waals surface area (Å²) in [6.45, 7) is 5.51. The fourth-order valence-corrected chi connectivity index (χ4v) is 2.00. The number of aryl methyl sites for hydroxylation is 1. The second kappa shape index (κ2) is 6.31. The Kier molecular flexibility index (Phi) is 4.79. The van der Waals surface area contributed by atoms with Crippen molar-refractivity contribution in [1.29, 1.82) is 0 Å². The molecule has 0 saturated heterocycles. The third-order valence-electron chi connectivity index (χ3n) is 3.15. The first-order valence-corrected chi connectivity index (χ1v) is 7.18. The Morgan fingerprint density at radius 3 is 2.48 bits per heavy atom. The zero-order valence-electron chi connectivity index (χ0n) is 13.2. The van der Waals surface area contributed by atoms with Crippen molar-refractivity contribution in [2.75, 3.05) is 6.61 Å². The molecule has 0 fully saturated rings. The molecule has 1 N–H and O–H groups in total. The molecule has 0 aliphatic carbocycles. The summed E-state index contributed by atoms with van der Waals surface area (Å²) >= 11 is 0. The Hall–Kier alpha value is -1.90. The molecule has 2 aromatic heterocycles. The summed E-state index contributed by atoms with van der Waals surface area (Å²) in [7, 11) is 0. The quantitative estimate of drug-likeness (QED) is 0.910. The van der Waals surface area contributed by atoms with E-state index < -0.39 is 11.9 Å². The van der Waals surface area contributed by atoms with Crippen LogP contribution in [0.25, 0.3) is 0 Å². The maximum absolute atomic E-state index is 13.0. The molecule has 9 heteroatoms. The van der Waals surface area contributed by atoms with Crippen LogP contribution in [0.2, 0.25) is 0 Å². The van der Waals surface area contributed by atoms with E-state index in [0.717, 1.165) is 4.68 Å². The molecule has 2 aromatic rings. The highest BCUT2D eigenvalue weighted by Crippen LogP contribution is 2.31. The molecule has 0 amide bonds. The zero-order valence-corrected chi connectivity index (χ0v) is 13.2. The first-order chi connectivity index (χ1) is 10.6. The van der Waals surface area contributed by atoms with Crippen LogP contribution in [0.1, 0.15) is 50.2 Å². The number of alkyl halides is 3. The number of aromatic nitrogens is 4. The molecule has 0 atom stereocenters. The van der Waals surface area contributed by atoms with E-state index >= 15 is 0 Å². The van der Waals surface area contributed by atoms with Crippen LogP contribution in [0.15, 0.2) is 10.7 Å². The second-order valence-electron chi connectivity index (χ2n) is 6.29. The number of aliphatic hydroxyl groups is 1. The monoisotopic (exact) mass is 332 g/mol. The van der Waals surface area contributed by atoms with E-state index in [9.17, 15) is 13.2 Å². The topological polar surface area (TPSA) is 77.0 Å².